The van der Waals surface area contributed by atoms with Gasteiger partial charge >= 0.3 is 0 Å². The zero-order chi connectivity index (χ0) is 22.6. The number of amides is 1. The van der Waals surface area contributed by atoms with Gasteiger partial charge in [-0.2, -0.15) is 0 Å². The molecule has 0 bridgehead atoms. The maximum absolute atomic E-state index is 13.5. The molecule has 8 nitrogen and oxygen atoms in total. The van der Waals surface area contributed by atoms with Crippen LogP contribution in [0.3, 0.4) is 0 Å². The van der Waals surface area contributed by atoms with Crippen molar-refractivity contribution < 1.29 is 9.53 Å². The number of hydrogen-bond acceptors (Lipinski definition) is 6. The summed E-state index contributed by atoms with van der Waals surface area (Å²) in [7, 11) is 1.67. The van der Waals surface area contributed by atoms with E-state index < -0.39 is 0 Å². The highest BCUT2D eigenvalue weighted by molar-refractivity contribution is 5.98. The van der Waals surface area contributed by atoms with E-state index in [9.17, 15) is 4.79 Å². The molecule has 8 heteroatoms. The van der Waals surface area contributed by atoms with E-state index in [-0.39, 0.29) is 5.91 Å². The first-order valence-corrected chi connectivity index (χ1v) is 10.9. The third kappa shape index (κ3) is 4.03. The number of piperazine rings is 1. The third-order valence-electron chi connectivity index (χ3n) is 5.77. The Morgan fingerprint density at radius 2 is 1.61 bits per heavy atom. The van der Waals surface area contributed by atoms with Gasteiger partial charge in [0, 0.05) is 32.4 Å². The molecule has 0 saturated carbocycles. The zero-order valence-electron chi connectivity index (χ0n) is 18.3. The van der Waals surface area contributed by atoms with Gasteiger partial charge in [-0.3, -0.25) is 9.78 Å². The van der Waals surface area contributed by atoms with Crippen LogP contribution in [0.4, 0.5) is 5.69 Å². The minimum Gasteiger partial charge on any atom is -0.495 e. The van der Waals surface area contributed by atoms with Crippen LogP contribution in [0.5, 0.6) is 5.75 Å². The molecule has 5 rings (SSSR count). The number of para-hydroxylation sites is 3. The smallest absolute Gasteiger partial charge is 0.276 e. The fourth-order valence-corrected chi connectivity index (χ4v) is 4.10. The summed E-state index contributed by atoms with van der Waals surface area (Å²) in [6.07, 6.45) is 1.71. The number of carbonyl (C=O) groups is 1. The van der Waals surface area contributed by atoms with Gasteiger partial charge in [0.2, 0.25) is 0 Å². The second-order valence-corrected chi connectivity index (χ2v) is 7.70. The van der Waals surface area contributed by atoms with Crippen LogP contribution < -0.4 is 9.64 Å². The third-order valence-corrected chi connectivity index (χ3v) is 5.77. The first-order chi connectivity index (χ1) is 16.3. The molecule has 1 aliphatic heterocycles. The van der Waals surface area contributed by atoms with Gasteiger partial charge in [0.1, 0.15) is 11.4 Å². The Morgan fingerprint density at radius 3 is 2.33 bits per heavy atom. The van der Waals surface area contributed by atoms with Gasteiger partial charge in [-0.1, -0.05) is 41.6 Å². The second-order valence-electron chi connectivity index (χ2n) is 7.70. The summed E-state index contributed by atoms with van der Waals surface area (Å²) in [6.45, 7) is 2.57. The molecule has 0 aliphatic carbocycles. The van der Waals surface area contributed by atoms with Gasteiger partial charge in [0.05, 0.1) is 24.2 Å². The first kappa shape index (κ1) is 20.7. The summed E-state index contributed by atoms with van der Waals surface area (Å²) >= 11 is 0. The van der Waals surface area contributed by atoms with E-state index in [0.29, 0.717) is 43.3 Å². The molecular formula is C25H24N6O2. The van der Waals surface area contributed by atoms with E-state index in [4.69, 9.17) is 4.74 Å². The van der Waals surface area contributed by atoms with Gasteiger partial charge < -0.3 is 14.5 Å². The van der Waals surface area contributed by atoms with Crippen LogP contribution in [0.2, 0.25) is 0 Å². The van der Waals surface area contributed by atoms with Crippen LogP contribution in [0.25, 0.3) is 17.1 Å². The number of benzene rings is 2. The Hall–Kier alpha value is -4.20. The summed E-state index contributed by atoms with van der Waals surface area (Å²) < 4.78 is 7.18. The number of rotatable bonds is 5. The van der Waals surface area contributed by atoms with Crippen molar-refractivity contribution in [1.82, 2.24) is 24.9 Å². The predicted molar refractivity (Wildman–Crippen MR) is 126 cm³/mol. The zero-order valence-corrected chi connectivity index (χ0v) is 18.3. The van der Waals surface area contributed by atoms with Gasteiger partial charge in [-0.25, -0.2) is 4.68 Å². The maximum Gasteiger partial charge on any atom is 0.276 e. The fraction of sp³-hybridized carbons (Fsp3) is 0.200. The van der Waals surface area contributed by atoms with Crippen LogP contribution >= 0.6 is 0 Å². The van der Waals surface area contributed by atoms with Gasteiger partial charge in [0.25, 0.3) is 5.91 Å². The van der Waals surface area contributed by atoms with E-state index in [1.165, 1.54) is 0 Å². The highest BCUT2D eigenvalue weighted by Gasteiger charge is 2.29. The molecule has 1 saturated heterocycles. The number of aromatic nitrogens is 4. The predicted octanol–water partition coefficient (Wildman–Crippen LogP) is 3.30. The Kier molecular flexibility index (Phi) is 5.72. The minimum atomic E-state index is -0.141. The summed E-state index contributed by atoms with van der Waals surface area (Å²) in [5.41, 5.74) is 3.42. The lowest BCUT2D eigenvalue weighted by Gasteiger charge is -2.36. The van der Waals surface area contributed by atoms with Crippen molar-refractivity contribution in [1.29, 1.82) is 0 Å². The normalized spacial score (nSPS) is 13.7. The highest BCUT2D eigenvalue weighted by Crippen LogP contribution is 2.29. The summed E-state index contributed by atoms with van der Waals surface area (Å²) in [6, 6.07) is 23.2. The molecule has 1 amide bonds. The van der Waals surface area contributed by atoms with Crippen molar-refractivity contribution in [3.8, 4) is 22.8 Å². The van der Waals surface area contributed by atoms with E-state index >= 15 is 0 Å². The average molecular weight is 441 g/mol. The highest BCUT2D eigenvalue weighted by atomic mass is 16.5. The number of ether oxygens (including phenoxy) is 1. The molecule has 33 heavy (non-hydrogen) atoms. The van der Waals surface area contributed by atoms with E-state index in [0.717, 1.165) is 17.1 Å². The number of methoxy groups -OCH3 is 1. The topological polar surface area (TPSA) is 76.4 Å². The largest absolute Gasteiger partial charge is 0.495 e. The molecule has 3 heterocycles. The molecule has 2 aromatic heterocycles. The van der Waals surface area contributed by atoms with Crippen LogP contribution in [0.15, 0.2) is 79.0 Å². The molecule has 1 fully saturated rings. The SMILES string of the molecule is COc1ccccc1N1CCN(C(=O)c2nnn(-c3ccccc3)c2-c2ccccn2)CC1. The maximum atomic E-state index is 13.5. The monoisotopic (exact) mass is 440 g/mol. The molecule has 0 radical (unpaired) electrons. The summed E-state index contributed by atoms with van der Waals surface area (Å²) in [5.74, 6) is 0.693. The van der Waals surface area contributed by atoms with Crippen molar-refractivity contribution in [2.45, 2.75) is 0 Å². The van der Waals surface area contributed by atoms with E-state index in [1.807, 2.05) is 77.7 Å². The lowest BCUT2D eigenvalue weighted by Crippen LogP contribution is -2.49. The molecular weight excluding hydrogens is 416 g/mol. The van der Waals surface area contributed by atoms with Crippen LogP contribution in [0.1, 0.15) is 10.5 Å². The average Bonchev–Trinajstić information content (AvgIpc) is 3.34. The molecule has 4 aromatic rings. The molecule has 166 valence electrons. The van der Waals surface area contributed by atoms with Crippen molar-refractivity contribution in [3.05, 3.63) is 84.7 Å². The van der Waals surface area contributed by atoms with Crippen LogP contribution in [0, 0.1) is 0 Å². The quantitative estimate of drug-likeness (QED) is 0.474. The number of pyridine rings is 1. The van der Waals surface area contributed by atoms with Crippen LogP contribution in [-0.2, 0) is 0 Å². The van der Waals surface area contributed by atoms with E-state index in [2.05, 4.69) is 20.2 Å². The lowest BCUT2D eigenvalue weighted by atomic mass is 10.1. The summed E-state index contributed by atoms with van der Waals surface area (Å²) in [5, 5.41) is 8.61. The van der Waals surface area contributed by atoms with Gasteiger partial charge in [-0.05, 0) is 36.4 Å². The summed E-state index contributed by atoms with van der Waals surface area (Å²) in [4.78, 5) is 22.1. The van der Waals surface area contributed by atoms with Crippen molar-refractivity contribution >= 4 is 11.6 Å². The Labute approximate surface area is 192 Å². The number of hydrogen-bond donors (Lipinski definition) is 0. The molecule has 0 spiro atoms. The number of anilines is 1. The second kappa shape index (κ2) is 9.12. The Bertz CT molecular complexity index is 1230. The number of nitrogens with zero attached hydrogens (tertiary/aromatic N) is 6. The lowest BCUT2D eigenvalue weighted by molar-refractivity contribution is 0.0741. The first-order valence-electron chi connectivity index (χ1n) is 10.9. The molecule has 0 unspecified atom stereocenters. The van der Waals surface area contributed by atoms with Gasteiger partial charge in [0.15, 0.2) is 5.69 Å². The van der Waals surface area contributed by atoms with Crippen molar-refractivity contribution in [2.24, 2.45) is 0 Å². The Morgan fingerprint density at radius 1 is 0.879 bits per heavy atom. The molecule has 1 aliphatic rings. The van der Waals surface area contributed by atoms with Crippen molar-refractivity contribution in [2.75, 3.05) is 38.2 Å². The van der Waals surface area contributed by atoms with Crippen molar-refractivity contribution in [3.63, 3.8) is 0 Å². The molecule has 0 atom stereocenters. The van der Waals surface area contributed by atoms with Crippen LogP contribution in [-0.4, -0.2) is 64.1 Å². The minimum absolute atomic E-state index is 0.141. The van der Waals surface area contributed by atoms with E-state index in [1.54, 1.807) is 18.0 Å². The Balaban J connectivity index is 1.42. The fourth-order valence-electron chi connectivity index (χ4n) is 4.10. The standard InChI is InChI=1S/C25H24N6O2/c1-33-22-13-6-5-12-21(22)29-15-17-30(18-16-29)25(32)23-24(20-11-7-8-14-26-20)31(28-27-23)19-9-3-2-4-10-19/h2-14H,15-18H2,1H3. The molecule has 0 N–H and O–H groups in total. The number of carbonyl (C=O) groups excluding carboxylic acids is 1. The van der Waals surface area contributed by atoms with Gasteiger partial charge in [-0.15, -0.1) is 5.10 Å². The molecule has 2 aromatic carbocycles.